The first kappa shape index (κ1) is 91.0. The van der Waals surface area contributed by atoms with Gasteiger partial charge in [-0.3, -0.25) is 0 Å². The largest absolute Gasteiger partial charge is 0.504 e. The van der Waals surface area contributed by atoms with Gasteiger partial charge in [-0.15, -0.1) is 0 Å². The molecule has 0 aromatic heterocycles. The fourth-order valence-electron chi connectivity index (χ4n) is 13.9. The molecule has 52 heteroatoms. The molecule has 0 radical (unpaired) electrons. The molecular weight excluding hydrogens is 1820 g/mol. The van der Waals surface area contributed by atoms with E-state index in [1.807, 2.05) is 0 Å². The quantitative estimate of drug-likeness (QED) is 0.0419. The van der Waals surface area contributed by atoms with Crippen molar-refractivity contribution >= 4 is 59.7 Å². The highest BCUT2D eigenvalue weighted by molar-refractivity contribution is 6.11. The molecule has 134 heavy (non-hydrogen) atoms. The number of hydrogen-bond acceptors (Lipinski definition) is 52. The van der Waals surface area contributed by atoms with Crippen molar-refractivity contribution in [1.29, 1.82) is 0 Å². The molecule has 4 aliphatic heterocycles. The van der Waals surface area contributed by atoms with Gasteiger partial charge >= 0.3 is 59.7 Å². The van der Waals surface area contributed by atoms with Gasteiger partial charge in [-0.25, -0.2) is 47.9 Å². The summed E-state index contributed by atoms with van der Waals surface area (Å²) >= 11 is 0. The minimum Gasteiger partial charge on any atom is -0.504 e. The summed E-state index contributed by atoms with van der Waals surface area (Å²) in [7, 11) is 0. The van der Waals surface area contributed by atoms with Crippen molar-refractivity contribution < 1.29 is 258 Å². The first-order valence-electron chi connectivity index (χ1n) is 37.0. The second-order valence-electron chi connectivity index (χ2n) is 28.7. The lowest BCUT2D eigenvalue weighted by atomic mass is 9.91. The van der Waals surface area contributed by atoms with E-state index in [0.717, 1.165) is 0 Å². The first-order chi connectivity index (χ1) is 63.0. The van der Waals surface area contributed by atoms with Crippen LogP contribution < -0.4 is 4.74 Å². The minimum absolute atomic E-state index is 0.109. The number of phenolic OH excluding ortho intramolecular Hbond substituents is 29. The third-order valence-electron chi connectivity index (χ3n) is 20.4. The van der Waals surface area contributed by atoms with Crippen LogP contribution in [0.2, 0.25) is 0 Å². The van der Waals surface area contributed by atoms with Crippen LogP contribution in [-0.4, -0.2) is 282 Å². The highest BCUT2D eigenvalue weighted by Crippen LogP contribution is 2.58. The van der Waals surface area contributed by atoms with Gasteiger partial charge in [-0.05, 0) is 78.9 Å². The molecule has 0 saturated carbocycles. The van der Waals surface area contributed by atoms with Crippen LogP contribution in [0.4, 0.5) is 0 Å². The fourth-order valence-corrected chi connectivity index (χ4v) is 13.9. The molecule has 29 N–H and O–H groups in total. The van der Waals surface area contributed by atoms with E-state index in [9.17, 15) is 182 Å². The number of benzene rings is 10. The predicted octanol–water partition coefficient (Wildman–Crippen LogP) is 3.73. The van der Waals surface area contributed by atoms with E-state index in [-0.39, 0.29) is 24.3 Å². The van der Waals surface area contributed by atoms with Crippen LogP contribution in [0.25, 0.3) is 22.3 Å². The van der Waals surface area contributed by atoms with Gasteiger partial charge in [-0.2, -0.15) is 0 Å². The molecule has 0 bridgehead atoms. The summed E-state index contributed by atoms with van der Waals surface area (Å²) in [6, 6.07) is 5.17. The van der Waals surface area contributed by atoms with E-state index < -0.39 is 390 Å². The summed E-state index contributed by atoms with van der Waals surface area (Å²) in [6.45, 7) is -3.21. The number of fused-ring (bicyclic) bond motifs is 8. The Hall–Kier alpha value is -19.2. The standard InChI is InChI=1S/C82H58O52/c83-28-1-18(2-29(84)50(28)97)71(112)129-67-65-43(125-81(133-75(116)22-9-36(91)54(101)37(92)10-22)69(67)131-73(114)20-5-32(87)52(99)33(88)6-20)17-123-77(118)26-14-41(58(105)63(110)48(26)47-25(79(120)127-65)13-40(95)57(104)62(47)109)124-42-15-27(49(96)64(111)59(42)106)80(121)134-82-70(132-74(115)21-7-34(89)53(100)35(90)8-21)68(130-72(113)19-3-30(85)51(98)31(86)4-19)66-44(126-82)16-122-76(117)23-11-38(93)55(102)60(107)45(23)46-24(78(119)128-66)12-39(94)56(103)61(46)108/h1-15,43-44,65-70,81-111H,16-17H2/t43-,44-,65-,66-,67+,68+,69?,70-,81+,82+/m1/s1. The highest BCUT2D eigenvalue weighted by atomic mass is 16.8. The van der Waals surface area contributed by atoms with E-state index in [1.54, 1.807) is 0 Å². The smallest absolute Gasteiger partial charge is 0.344 e. The molecule has 1 unspecified atom stereocenters. The van der Waals surface area contributed by atoms with E-state index in [1.165, 1.54) is 0 Å². The molecule has 2 fully saturated rings. The summed E-state index contributed by atoms with van der Waals surface area (Å²) in [5.41, 5.74) is -17.4. The van der Waals surface area contributed by atoms with E-state index in [0.29, 0.717) is 66.7 Å². The number of carbonyl (C=O) groups is 10. The Morgan fingerprint density at radius 3 is 0.784 bits per heavy atom. The summed E-state index contributed by atoms with van der Waals surface area (Å²) in [5.74, 6) is -65.1. The van der Waals surface area contributed by atoms with Gasteiger partial charge in [-0.1, -0.05) is 0 Å². The molecular formula is C82H58O52. The van der Waals surface area contributed by atoms with E-state index in [2.05, 4.69) is 0 Å². The van der Waals surface area contributed by atoms with E-state index >= 15 is 14.4 Å². The maximum absolute atomic E-state index is 15.3. The maximum atomic E-state index is 15.3. The van der Waals surface area contributed by atoms with Crippen LogP contribution in [-0.2, 0) is 56.8 Å². The third-order valence-corrected chi connectivity index (χ3v) is 20.4. The number of hydrogen-bond donors (Lipinski definition) is 29. The molecule has 0 amide bonds. The Labute approximate surface area is 736 Å². The molecule has 14 rings (SSSR count). The van der Waals surface area contributed by atoms with Crippen molar-refractivity contribution in [3.63, 3.8) is 0 Å². The first-order valence-corrected chi connectivity index (χ1v) is 37.0. The van der Waals surface area contributed by atoms with Gasteiger partial charge in [0.1, 0.15) is 31.0 Å². The molecule has 4 aliphatic rings. The van der Waals surface area contributed by atoms with Gasteiger partial charge in [0.15, 0.2) is 168 Å². The third kappa shape index (κ3) is 16.2. The highest BCUT2D eigenvalue weighted by Gasteiger charge is 2.58. The number of esters is 10. The zero-order valence-corrected chi connectivity index (χ0v) is 65.7. The Kier molecular flexibility index (Phi) is 23.2. The SMILES string of the molecule is O=C(OC1[C@H](OC(=O)c2cc(O)c(O)c(O)c2)O[C@@H]2COC(=O)c3cc(Oc4cc(C(=O)O[C@@H]5O[C@@H]6COC(=O)c7cc(O)c(O)c(O)c7-c7c(cc(O)c(O)c7O)C(=O)O[C@H]6[C@H](OC(=O)c6cc(O)c(O)c(O)c6)[C@H]5OC(=O)c5cc(O)c(O)c(O)c5)c(O)c(O)c4O)c(O)c(O)c3-c3c(cc(O)c(O)c3O)C(=O)O[C@H]2[C@@H]1OC(=O)c1cc(O)c(O)c(O)c1)c1cc(O)c(O)c(O)c1. The van der Waals surface area contributed by atoms with Gasteiger partial charge in [0, 0.05) is 34.4 Å². The molecule has 0 spiro atoms. The summed E-state index contributed by atoms with van der Waals surface area (Å²) in [4.78, 5) is 147. The normalized spacial score (nSPS) is 19.1. The molecule has 10 atom stereocenters. The van der Waals surface area contributed by atoms with E-state index in [4.69, 9.17) is 61.6 Å². The lowest BCUT2D eigenvalue weighted by Crippen LogP contribution is -2.63. The molecule has 4 heterocycles. The second-order valence-corrected chi connectivity index (χ2v) is 28.7. The zero-order chi connectivity index (χ0) is 97.7. The predicted molar refractivity (Wildman–Crippen MR) is 415 cm³/mol. The molecule has 0 aliphatic carbocycles. The topological polar surface area (TPSA) is 877 Å². The van der Waals surface area contributed by atoms with Crippen LogP contribution in [0.1, 0.15) is 104 Å². The van der Waals surface area contributed by atoms with Crippen LogP contribution in [0, 0.1) is 0 Å². The average molecular weight is 1880 g/mol. The Bertz CT molecular complexity index is 6630. The lowest BCUT2D eigenvalue weighted by molar-refractivity contribution is -0.282. The van der Waals surface area contributed by atoms with Gasteiger partial charge in [0.2, 0.25) is 59.3 Å². The average Bonchev–Trinajstić information content (AvgIpc) is 1.23. The lowest BCUT2D eigenvalue weighted by Gasteiger charge is -2.43. The summed E-state index contributed by atoms with van der Waals surface area (Å²) < 4.78 is 74.0. The van der Waals surface area contributed by atoms with Crippen molar-refractivity contribution in [2.24, 2.45) is 0 Å². The number of aromatic hydroxyl groups is 29. The molecule has 2 saturated heterocycles. The number of rotatable bonds is 14. The number of carbonyl (C=O) groups excluding carboxylic acids is 10. The summed E-state index contributed by atoms with van der Waals surface area (Å²) in [6.07, 6.45) is -28.1. The minimum atomic E-state index is -3.08. The van der Waals surface area contributed by atoms with Crippen molar-refractivity contribution in [2.75, 3.05) is 13.2 Å². The molecule has 698 valence electrons. The zero-order valence-electron chi connectivity index (χ0n) is 65.7. The van der Waals surface area contributed by atoms with Crippen LogP contribution in [0.15, 0.2) is 91.0 Å². The van der Waals surface area contributed by atoms with Gasteiger partial charge < -0.3 is 210 Å². The number of cyclic esters (lactones) is 2. The van der Waals surface area contributed by atoms with Crippen molar-refractivity contribution in [3.8, 4) is 200 Å². The maximum Gasteiger partial charge on any atom is 0.344 e. The van der Waals surface area contributed by atoms with Crippen LogP contribution in [0.5, 0.6) is 178 Å². The molecule has 10 aromatic carbocycles. The molecule has 52 nitrogen and oxygen atoms in total. The van der Waals surface area contributed by atoms with Crippen molar-refractivity contribution in [2.45, 2.75) is 61.4 Å². The Morgan fingerprint density at radius 2 is 0.478 bits per heavy atom. The monoisotopic (exact) mass is 1870 g/mol. The van der Waals surface area contributed by atoms with Crippen molar-refractivity contribution in [1.82, 2.24) is 0 Å². The van der Waals surface area contributed by atoms with Crippen LogP contribution >= 0.6 is 0 Å². The van der Waals surface area contributed by atoms with Crippen LogP contribution in [0.3, 0.4) is 0 Å². The Morgan fingerprint density at radius 1 is 0.239 bits per heavy atom. The van der Waals surface area contributed by atoms with Crippen molar-refractivity contribution in [3.05, 3.63) is 147 Å². The Balaban J connectivity index is 0.880. The summed E-state index contributed by atoms with van der Waals surface area (Å²) in [5, 5.41) is 315. The second kappa shape index (κ2) is 34.2. The number of phenols is 29. The molecule has 10 aromatic rings. The number of ether oxygens (including phenoxy) is 13. The van der Waals surface area contributed by atoms with Gasteiger partial charge in [0.05, 0.1) is 50.1 Å². The van der Waals surface area contributed by atoms with Gasteiger partial charge in [0.25, 0.3) is 0 Å². The fraction of sp³-hybridized carbons (Fsp3) is 0.146.